The third-order valence-electron chi connectivity index (χ3n) is 1.79. The van der Waals surface area contributed by atoms with Gasteiger partial charge in [0.1, 0.15) is 0 Å². The summed E-state index contributed by atoms with van der Waals surface area (Å²) >= 11 is 0. The molecule has 0 aliphatic carbocycles. The Bertz CT molecular complexity index is 205. The molecule has 0 amide bonds. The van der Waals surface area contributed by atoms with Crippen molar-refractivity contribution in [1.29, 1.82) is 0 Å². The Labute approximate surface area is 74.7 Å². The minimum absolute atomic E-state index is 0.103. The maximum absolute atomic E-state index is 11.2. The van der Waals surface area contributed by atoms with Crippen molar-refractivity contribution in [3.63, 3.8) is 0 Å². The SMILES string of the molecule is CC(=O)/C(=C(/C)N(C)C)N(C)C. The summed E-state index contributed by atoms with van der Waals surface area (Å²) in [4.78, 5) is 15.0. The van der Waals surface area contributed by atoms with Crippen molar-refractivity contribution in [2.75, 3.05) is 28.2 Å². The van der Waals surface area contributed by atoms with Gasteiger partial charge in [-0.15, -0.1) is 0 Å². The summed E-state index contributed by atoms with van der Waals surface area (Å²) in [6, 6.07) is 0. The van der Waals surface area contributed by atoms with Crippen LogP contribution in [-0.2, 0) is 4.79 Å². The van der Waals surface area contributed by atoms with Crippen LogP contribution in [0, 0.1) is 0 Å². The number of rotatable bonds is 3. The molecule has 0 rings (SSSR count). The van der Waals surface area contributed by atoms with Crippen molar-refractivity contribution in [3.8, 4) is 0 Å². The zero-order valence-corrected chi connectivity index (χ0v) is 8.80. The topological polar surface area (TPSA) is 23.6 Å². The van der Waals surface area contributed by atoms with Crippen molar-refractivity contribution in [3.05, 3.63) is 11.4 Å². The molecule has 0 bridgehead atoms. The molecule has 70 valence electrons. The quantitative estimate of drug-likeness (QED) is 0.589. The van der Waals surface area contributed by atoms with Gasteiger partial charge < -0.3 is 9.80 Å². The van der Waals surface area contributed by atoms with E-state index >= 15 is 0 Å². The van der Waals surface area contributed by atoms with Crippen LogP contribution in [0.25, 0.3) is 0 Å². The summed E-state index contributed by atoms with van der Waals surface area (Å²) in [5.74, 6) is 0.103. The lowest BCUT2D eigenvalue weighted by Gasteiger charge is -2.22. The first-order valence-electron chi connectivity index (χ1n) is 3.94. The Hall–Kier alpha value is -0.990. The van der Waals surface area contributed by atoms with E-state index in [0.29, 0.717) is 0 Å². The van der Waals surface area contributed by atoms with Crippen LogP contribution < -0.4 is 0 Å². The van der Waals surface area contributed by atoms with Crippen LogP contribution in [0.5, 0.6) is 0 Å². The second-order valence-corrected chi connectivity index (χ2v) is 3.28. The molecular weight excluding hydrogens is 152 g/mol. The largest absolute Gasteiger partial charge is 0.379 e. The molecule has 0 aromatic rings. The molecular formula is C9H18N2O. The molecule has 0 atom stereocenters. The van der Waals surface area contributed by atoms with Crippen LogP contribution >= 0.6 is 0 Å². The maximum Gasteiger partial charge on any atom is 0.177 e. The fourth-order valence-corrected chi connectivity index (χ4v) is 1.11. The van der Waals surface area contributed by atoms with Crippen LogP contribution in [0.1, 0.15) is 13.8 Å². The number of allylic oxidation sites excluding steroid dienone is 2. The van der Waals surface area contributed by atoms with Gasteiger partial charge in [-0.1, -0.05) is 0 Å². The molecule has 0 aromatic carbocycles. The molecule has 0 spiro atoms. The number of Topliss-reactive ketones (excluding diaryl/α,β-unsaturated/α-hetero) is 1. The van der Waals surface area contributed by atoms with E-state index in [2.05, 4.69) is 0 Å². The van der Waals surface area contributed by atoms with Gasteiger partial charge in [0.2, 0.25) is 0 Å². The summed E-state index contributed by atoms with van der Waals surface area (Å²) in [7, 11) is 7.62. The lowest BCUT2D eigenvalue weighted by atomic mass is 10.2. The average Bonchev–Trinajstić information content (AvgIpc) is 1.85. The highest BCUT2D eigenvalue weighted by Crippen LogP contribution is 2.09. The Morgan fingerprint density at radius 3 is 1.42 bits per heavy atom. The van der Waals surface area contributed by atoms with Crippen molar-refractivity contribution in [1.82, 2.24) is 9.80 Å². The molecule has 0 unspecified atom stereocenters. The molecule has 0 saturated carbocycles. The number of hydrogen-bond donors (Lipinski definition) is 0. The van der Waals surface area contributed by atoms with Crippen molar-refractivity contribution in [2.45, 2.75) is 13.8 Å². The number of carbonyl (C=O) groups is 1. The highest BCUT2D eigenvalue weighted by atomic mass is 16.1. The second kappa shape index (κ2) is 4.14. The highest BCUT2D eigenvalue weighted by molar-refractivity contribution is 5.93. The predicted molar refractivity (Wildman–Crippen MR) is 50.8 cm³/mol. The molecule has 0 radical (unpaired) electrons. The Morgan fingerprint density at radius 2 is 1.33 bits per heavy atom. The fraction of sp³-hybridized carbons (Fsp3) is 0.667. The summed E-state index contributed by atoms with van der Waals surface area (Å²) in [5, 5.41) is 0. The zero-order valence-electron chi connectivity index (χ0n) is 8.80. The van der Waals surface area contributed by atoms with Crippen LogP contribution in [0.4, 0.5) is 0 Å². The molecule has 0 saturated heterocycles. The number of hydrogen-bond acceptors (Lipinski definition) is 3. The summed E-state index contributed by atoms with van der Waals surface area (Å²) in [6.45, 7) is 3.53. The van der Waals surface area contributed by atoms with E-state index in [1.165, 1.54) is 0 Å². The molecule has 12 heavy (non-hydrogen) atoms. The van der Waals surface area contributed by atoms with Gasteiger partial charge in [-0.2, -0.15) is 0 Å². The molecule has 0 aliphatic heterocycles. The molecule has 0 heterocycles. The minimum Gasteiger partial charge on any atom is -0.379 e. The second-order valence-electron chi connectivity index (χ2n) is 3.28. The van der Waals surface area contributed by atoms with Gasteiger partial charge in [-0.05, 0) is 6.92 Å². The van der Waals surface area contributed by atoms with Gasteiger partial charge in [0, 0.05) is 40.8 Å². The summed E-state index contributed by atoms with van der Waals surface area (Å²) < 4.78 is 0. The Morgan fingerprint density at radius 1 is 0.917 bits per heavy atom. The van der Waals surface area contributed by atoms with Crippen molar-refractivity contribution >= 4 is 5.78 Å². The van der Waals surface area contributed by atoms with E-state index < -0.39 is 0 Å². The minimum atomic E-state index is 0.103. The van der Waals surface area contributed by atoms with Crippen molar-refractivity contribution in [2.24, 2.45) is 0 Å². The average molecular weight is 170 g/mol. The van der Waals surface area contributed by atoms with E-state index in [0.717, 1.165) is 11.4 Å². The van der Waals surface area contributed by atoms with Gasteiger partial charge in [0.25, 0.3) is 0 Å². The summed E-state index contributed by atoms with van der Waals surface area (Å²) in [6.07, 6.45) is 0. The third kappa shape index (κ3) is 2.57. The molecule has 0 aliphatic rings. The molecule has 3 heteroatoms. The first kappa shape index (κ1) is 11.0. The van der Waals surface area contributed by atoms with Crippen molar-refractivity contribution < 1.29 is 4.79 Å². The monoisotopic (exact) mass is 170 g/mol. The maximum atomic E-state index is 11.2. The normalized spacial score (nSPS) is 12.2. The highest BCUT2D eigenvalue weighted by Gasteiger charge is 2.11. The van der Waals surface area contributed by atoms with Gasteiger partial charge in [0.05, 0.1) is 5.70 Å². The number of carbonyl (C=O) groups excluding carboxylic acids is 1. The van der Waals surface area contributed by atoms with Gasteiger partial charge in [-0.3, -0.25) is 4.79 Å². The van der Waals surface area contributed by atoms with Crippen LogP contribution in [0.3, 0.4) is 0 Å². The first-order chi connectivity index (χ1) is 5.37. The fourth-order valence-electron chi connectivity index (χ4n) is 1.11. The molecule has 3 nitrogen and oxygen atoms in total. The van der Waals surface area contributed by atoms with E-state index in [9.17, 15) is 4.79 Å². The van der Waals surface area contributed by atoms with Crippen LogP contribution in [0.2, 0.25) is 0 Å². The van der Waals surface area contributed by atoms with Gasteiger partial charge in [0.15, 0.2) is 5.78 Å². The molecule has 0 fully saturated rings. The number of ketones is 1. The standard InChI is InChI=1S/C9H18N2O/c1-7(10(3)4)9(8(2)12)11(5)6/h1-6H3/b9-7+. The van der Waals surface area contributed by atoms with Gasteiger partial charge in [-0.25, -0.2) is 0 Å². The van der Waals surface area contributed by atoms with Gasteiger partial charge >= 0.3 is 0 Å². The lowest BCUT2D eigenvalue weighted by molar-refractivity contribution is -0.114. The number of likely N-dealkylation sites (N-methyl/N-ethyl adjacent to an activating group) is 1. The Kier molecular flexibility index (Phi) is 3.80. The predicted octanol–water partition coefficient (Wildman–Crippen LogP) is 0.930. The van der Waals surface area contributed by atoms with Crippen LogP contribution in [0.15, 0.2) is 11.4 Å². The van der Waals surface area contributed by atoms with E-state index in [-0.39, 0.29) is 5.78 Å². The van der Waals surface area contributed by atoms with Crippen LogP contribution in [-0.4, -0.2) is 43.8 Å². The van der Waals surface area contributed by atoms with E-state index in [4.69, 9.17) is 0 Å². The molecule has 0 aromatic heterocycles. The number of nitrogens with zero attached hydrogens (tertiary/aromatic N) is 2. The molecule has 0 N–H and O–H groups in total. The Balaban J connectivity index is 4.94. The zero-order chi connectivity index (χ0) is 9.89. The summed E-state index contributed by atoms with van der Waals surface area (Å²) in [5.41, 5.74) is 1.76. The first-order valence-corrected chi connectivity index (χ1v) is 3.94. The lowest BCUT2D eigenvalue weighted by Crippen LogP contribution is -2.24. The smallest absolute Gasteiger partial charge is 0.177 e. The third-order valence-corrected chi connectivity index (χ3v) is 1.79. The van der Waals surface area contributed by atoms with E-state index in [1.54, 1.807) is 6.92 Å². The van der Waals surface area contributed by atoms with E-state index in [1.807, 2.05) is 44.9 Å².